The van der Waals surface area contributed by atoms with Crippen molar-refractivity contribution < 1.29 is 9.47 Å². The molecule has 4 nitrogen and oxygen atoms in total. The smallest absolute Gasteiger partial charge is 0.163 e. The molecule has 25 heavy (non-hydrogen) atoms. The van der Waals surface area contributed by atoms with Gasteiger partial charge in [0.25, 0.3) is 0 Å². The van der Waals surface area contributed by atoms with Crippen LogP contribution in [-0.4, -0.2) is 30.6 Å². The van der Waals surface area contributed by atoms with Gasteiger partial charge in [0.2, 0.25) is 0 Å². The average molecular weight is 361 g/mol. The zero-order valence-electron chi connectivity index (χ0n) is 14.7. The minimum absolute atomic E-state index is 0.297. The summed E-state index contributed by atoms with van der Waals surface area (Å²) in [4.78, 5) is 6.34. The molecule has 0 N–H and O–H groups in total. The fourth-order valence-corrected chi connectivity index (χ4v) is 3.45. The number of methoxy groups -OCH3 is 1. The lowest BCUT2D eigenvalue weighted by molar-refractivity contribution is 0.201. The molecule has 0 radical (unpaired) electrons. The fourth-order valence-electron chi connectivity index (χ4n) is 3.25. The first-order valence-corrected chi connectivity index (χ1v) is 9.38. The van der Waals surface area contributed by atoms with Crippen LogP contribution in [0.1, 0.15) is 31.2 Å². The number of halogens is 1. The molecule has 1 aliphatic carbocycles. The quantitative estimate of drug-likeness (QED) is 0.641. The van der Waals surface area contributed by atoms with E-state index >= 15 is 0 Å². The van der Waals surface area contributed by atoms with Gasteiger partial charge in [0.1, 0.15) is 0 Å². The maximum atomic E-state index is 6.22. The second-order valence-electron chi connectivity index (χ2n) is 6.33. The minimum atomic E-state index is 0.297. The van der Waals surface area contributed by atoms with Gasteiger partial charge < -0.3 is 14.4 Å². The first-order chi connectivity index (χ1) is 12.3. The number of ether oxygens (including phenoxy) is 2. The lowest BCUT2D eigenvalue weighted by Gasteiger charge is -2.25. The van der Waals surface area contributed by atoms with Crippen LogP contribution >= 0.6 is 11.6 Å². The molecule has 1 aliphatic rings. The van der Waals surface area contributed by atoms with Crippen LogP contribution in [0.3, 0.4) is 0 Å². The highest BCUT2D eigenvalue weighted by Crippen LogP contribution is 2.35. The van der Waals surface area contributed by atoms with Gasteiger partial charge in [-0.1, -0.05) is 0 Å². The zero-order chi connectivity index (χ0) is 17.5. The highest BCUT2D eigenvalue weighted by atomic mass is 35.5. The molecule has 0 bridgehead atoms. The molecule has 1 fully saturated rings. The Bertz CT molecular complexity index is 660. The number of rotatable bonds is 8. The summed E-state index contributed by atoms with van der Waals surface area (Å²) in [7, 11) is 1.68. The van der Waals surface area contributed by atoms with Crippen molar-refractivity contribution in [3.8, 4) is 11.5 Å². The SMILES string of the molecule is COc1ccc(N(CCCl)Cc2ccncc2)cc1OC1CCCC1. The Morgan fingerprint density at radius 3 is 2.56 bits per heavy atom. The first kappa shape index (κ1) is 17.9. The van der Waals surface area contributed by atoms with E-state index in [2.05, 4.69) is 22.0 Å². The summed E-state index contributed by atoms with van der Waals surface area (Å²) in [5.74, 6) is 2.17. The minimum Gasteiger partial charge on any atom is -0.493 e. The van der Waals surface area contributed by atoms with E-state index in [0.29, 0.717) is 12.0 Å². The van der Waals surface area contributed by atoms with Gasteiger partial charge in [-0.05, 0) is 55.5 Å². The molecule has 1 saturated carbocycles. The van der Waals surface area contributed by atoms with Crippen LogP contribution in [0.5, 0.6) is 11.5 Å². The third-order valence-electron chi connectivity index (χ3n) is 4.59. The number of hydrogen-bond acceptors (Lipinski definition) is 4. The van der Waals surface area contributed by atoms with Crippen molar-refractivity contribution in [3.05, 3.63) is 48.3 Å². The highest BCUT2D eigenvalue weighted by molar-refractivity contribution is 6.18. The standard InChI is InChI=1S/C20H25ClN2O2/c1-24-19-7-6-17(14-20(19)25-18-4-2-3-5-18)23(13-10-21)15-16-8-11-22-12-9-16/h6-9,11-12,14,18H,2-5,10,13,15H2,1H3. The van der Waals surface area contributed by atoms with Gasteiger partial charge in [0.15, 0.2) is 11.5 Å². The maximum Gasteiger partial charge on any atom is 0.163 e. The van der Waals surface area contributed by atoms with E-state index in [1.165, 1.54) is 18.4 Å². The van der Waals surface area contributed by atoms with Crippen LogP contribution in [0.25, 0.3) is 0 Å². The van der Waals surface area contributed by atoms with E-state index < -0.39 is 0 Å². The topological polar surface area (TPSA) is 34.6 Å². The molecule has 0 atom stereocenters. The van der Waals surface area contributed by atoms with Gasteiger partial charge in [0.05, 0.1) is 13.2 Å². The fraction of sp³-hybridized carbons (Fsp3) is 0.450. The van der Waals surface area contributed by atoms with Crippen molar-refractivity contribution in [2.45, 2.75) is 38.3 Å². The monoisotopic (exact) mass is 360 g/mol. The number of benzene rings is 1. The van der Waals surface area contributed by atoms with E-state index in [0.717, 1.165) is 43.1 Å². The molecule has 1 aromatic heterocycles. The summed E-state index contributed by atoms with van der Waals surface area (Å²) in [6.07, 6.45) is 8.66. The number of nitrogens with zero attached hydrogens (tertiary/aromatic N) is 2. The van der Waals surface area contributed by atoms with Crippen LogP contribution in [0.15, 0.2) is 42.7 Å². The molecule has 0 unspecified atom stereocenters. The summed E-state index contributed by atoms with van der Waals surface area (Å²) < 4.78 is 11.7. The first-order valence-electron chi connectivity index (χ1n) is 8.84. The third-order valence-corrected chi connectivity index (χ3v) is 4.75. The van der Waals surface area contributed by atoms with E-state index in [9.17, 15) is 0 Å². The molecule has 0 spiro atoms. The van der Waals surface area contributed by atoms with Gasteiger partial charge >= 0.3 is 0 Å². The molecular formula is C20H25ClN2O2. The number of hydrogen-bond donors (Lipinski definition) is 0. The highest BCUT2D eigenvalue weighted by Gasteiger charge is 2.19. The Kier molecular flexibility index (Phi) is 6.40. The largest absolute Gasteiger partial charge is 0.493 e. The average Bonchev–Trinajstić information content (AvgIpc) is 3.15. The Hall–Kier alpha value is -1.94. The molecule has 1 heterocycles. The molecule has 134 valence electrons. The van der Waals surface area contributed by atoms with Crippen molar-refractivity contribution in [2.75, 3.05) is 24.4 Å². The van der Waals surface area contributed by atoms with Gasteiger partial charge in [-0.2, -0.15) is 0 Å². The molecule has 0 amide bonds. The van der Waals surface area contributed by atoms with Crippen molar-refractivity contribution in [1.29, 1.82) is 0 Å². The van der Waals surface area contributed by atoms with Crippen LogP contribution < -0.4 is 14.4 Å². The molecule has 2 aromatic rings. The Morgan fingerprint density at radius 2 is 1.88 bits per heavy atom. The number of anilines is 1. The Labute approximate surface area is 154 Å². The normalized spacial score (nSPS) is 14.5. The van der Waals surface area contributed by atoms with E-state index in [-0.39, 0.29) is 0 Å². The molecular weight excluding hydrogens is 336 g/mol. The lowest BCUT2D eigenvalue weighted by Crippen LogP contribution is -2.25. The second-order valence-corrected chi connectivity index (χ2v) is 6.70. The summed E-state index contributed by atoms with van der Waals surface area (Å²) >= 11 is 6.04. The van der Waals surface area contributed by atoms with E-state index in [1.54, 1.807) is 7.11 Å². The summed E-state index contributed by atoms with van der Waals surface area (Å²) in [5.41, 5.74) is 2.29. The van der Waals surface area contributed by atoms with E-state index in [4.69, 9.17) is 21.1 Å². The summed E-state index contributed by atoms with van der Waals surface area (Å²) in [6.45, 7) is 1.55. The maximum absolute atomic E-state index is 6.22. The van der Waals surface area contributed by atoms with Gasteiger partial charge in [-0.15, -0.1) is 11.6 Å². The lowest BCUT2D eigenvalue weighted by atomic mass is 10.2. The predicted molar refractivity (Wildman–Crippen MR) is 102 cm³/mol. The molecule has 5 heteroatoms. The number of pyridine rings is 1. The number of alkyl halides is 1. The van der Waals surface area contributed by atoms with Crippen LogP contribution in [-0.2, 0) is 6.54 Å². The summed E-state index contributed by atoms with van der Waals surface area (Å²) in [6, 6.07) is 10.2. The Morgan fingerprint density at radius 1 is 1.12 bits per heavy atom. The molecule has 0 aliphatic heterocycles. The van der Waals surface area contributed by atoms with Crippen LogP contribution in [0.4, 0.5) is 5.69 Å². The van der Waals surface area contributed by atoms with Gasteiger partial charge in [0, 0.05) is 43.1 Å². The zero-order valence-corrected chi connectivity index (χ0v) is 15.4. The number of aromatic nitrogens is 1. The predicted octanol–water partition coefficient (Wildman–Crippen LogP) is 4.66. The summed E-state index contributed by atoms with van der Waals surface area (Å²) in [5, 5.41) is 0. The van der Waals surface area contributed by atoms with Gasteiger partial charge in [-0.25, -0.2) is 0 Å². The van der Waals surface area contributed by atoms with Crippen molar-refractivity contribution in [1.82, 2.24) is 4.98 Å². The van der Waals surface area contributed by atoms with Crippen LogP contribution in [0, 0.1) is 0 Å². The molecule has 1 aromatic carbocycles. The molecule has 3 rings (SSSR count). The van der Waals surface area contributed by atoms with Gasteiger partial charge in [-0.3, -0.25) is 4.98 Å². The van der Waals surface area contributed by atoms with Crippen molar-refractivity contribution >= 4 is 17.3 Å². The molecule has 0 saturated heterocycles. The third kappa shape index (κ3) is 4.79. The second kappa shape index (κ2) is 8.95. The van der Waals surface area contributed by atoms with Crippen LogP contribution in [0.2, 0.25) is 0 Å². The van der Waals surface area contributed by atoms with E-state index in [1.807, 2.05) is 30.6 Å². The Balaban J connectivity index is 1.82. The van der Waals surface area contributed by atoms with Crippen molar-refractivity contribution in [3.63, 3.8) is 0 Å². The van der Waals surface area contributed by atoms with Crippen molar-refractivity contribution in [2.24, 2.45) is 0 Å².